The van der Waals surface area contributed by atoms with Crippen molar-refractivity contribution in [3.8, 4) is 11.8 Å². The molecule has 2 heterocycles. The first-order valence-electron chi connectivity index (χ1n) is 9.69. The Hall–Kier alpha value is -4.64. The van der Waals surface area contributed by atoms with Crippen molar-refractivity contribution in [2.24, 2.45) is 4.99 Å². The number of methoxy groups -OCH3 is 1. The number of rotatable bonds is 5. The summed E-state index contributed by atoms with van der Waals surface area (Å²) >= 11 is 0. The summed E-state index contributed by atoms with van der Waals surface area (Å²) in [4.78, 5) is 29.8. The smallest absolute Gasteiger partial charge is 0.264 e. The van der Waals surface area contributed by atoms with Crippen LogP contribution in [0.2, 0.25) is 0 Å². The van der Waals surface area contributed by atoms with Gasteiger partial charge in [0.2, 0.25) is 0 Å². The number of furan rings is 1. The van der Waals surface area contributed by atoms with Crippen LogP contribution < -0.4 is 15.4 Å². The quantitative estimate of drug-likeness (QED) is 0.480. The minimum Gasteiger partial charge on any atom is -0.497 e. The minimum absolute atomic E-state index is 0.136. The van der Waals surface area contributed by atoms with Gasteiger partial charge in [-0.3, -0.25) is 9.59 Å². The molecule has 0 unspecified atom stereocenters. The number of ether oxygens (including phenoxy) is 1. The number of carbonyl (C=O) groups excluding carboxylic acids is 2. The van der Waals surface area contributed by atoms with Gasteiger partial charge in [-0.1, -0.05) is 24.3 Å². The normalized spacial score (nSPS) is 13.4. The number of fused-ring (bicyclic) bond motifs is 1. The van der Waals surface area contributed by atoms with Crippen molar-refractivity contribution in [3.05, 3.63) is 95.0 Å². The van der Waals surface area contributed by atoms with E-state index in [1.807, 2.05) is 6.07 Å². The molecular formula is C24H18N4O4. The lowest BCUT2D eigenvalue weighted by Crippen LogP contribution is -2.30. The van der Waals surface area contributed by atoms with E-state index >= 15 is 0 Å². The molecule has 0 aliphatic carbocycles. The highest BCUT2D eigenvalue weighted by molar-refractivity contribution is 6.20. The number of hydrogen-bond acceptors (Lipinski definition) is 6. The Labute approximate surface area is 183 Å². The highest BCUT2D eigenvalue weighted by Crippen LogP contribution is 2.30. The predicted molar refractivity (Wildman–Crippen MR) is 117 cm³/mol. The fourth-order valence-corrected chi connectivity index (χ4v) is 3.22. The van der Waals surface area contributed by atoms with E-state index in [2.05, 4.69) is 15.6 Å². The average molecular weight is 426 g/mol. The Kier molecular flexibility index (Phi) is 5.81. The summed E-state index contributed by atoms with van der Waals surface area (Å²) in [5, 5.41) is 15.1. The van der Waals surface area contributed by atoms with E-state index in [-0.39, 0.29) is 29.6 Å². The molecule has 0 saturated heterocycles. The van der Waals surface area contributed by atoms with Gasteiger partial charge in [-0.2, -0.15) is 5.26 Å². The van der Waals surface area contributed by atoms with Crippen LogP contribution in [0.15, 0.2) is 81.9 Å². The second-order valence-corrected chi connectivity index (χ2v) is 6.79. The van der Waals surface area contributed by atoms with E-state index in [4.69, 9.17) is 9.15 Å². The maximum Gasteiger partial charge on any atom is 0.264 e. The van der Waals surface area contributed by atoms with Crippen molar-refractivity contribution < 1.29 is 18.7 Å². The molecule has 0 saturated carbocycles. The summed E-state index contributed by atoms with van der Waals surface area (Å²) in [6, 6.07) is 19.1. The van der Waals surface area contributed by atoms with E-state index in [9.17, 15) is 14.9 Å². The fraction of sp³-hybridized carbons (Fsp3) is 0.0833. The largest absolute Gasteiger partial charge is 0.497 e. The van der Waals surface area contributed by atoms with E-state index in [0.29, 0.717) is 28.2 Å². The summed E-state index contributed by atoms with van der Waals surface area (Å²) in [6.07, 6.45) is 1.50. The minimum atomic E-state index is -0.583. The number of amidine groups is 1. The molecule has 0 bridgehead atoms. The molecule has 8 heteroatoms. The number of nitriles is 1. The lowest BCUT2D eigenvalue weighted by atomic mass is 10.0. The average Bonchev–Trinajstić information content (AvgIpc) is 3.47. The van der Waals surface area contributed by atoms with Gasteiger partial charge >= 0.3 is 0 Å². The molecule has 1 aromatic heterocycles. The third kappa shape index (κ3) is 4.13. The number of nitrogens with one attached hydrogen (secondary N) is 2. The molecule has 158 valence electrons. The molecule has 0 radical (unpaired) electrons. The van der Waals surface area contributed by atoms with Crippen molar-refractivity contribution in [1.82, 2.24) is 10.6 Å². The van der Waals surface area contributed by atoms with E-state index in [0.717, 1.165) is 0 Å². The third-order valence-electron chi connectivity index (χ3n) is 4.82. The summed E-state index contributed by atoms with van der Waals surface area (Å²) in [5.41, 5.74) is 1.67. The van der Waals surface area contributed by atoms with Gasteiger partial charge in [0.25, 0.3) is 11.8 Å². The van der Waals surface area contributed by atoms with Crippen LogP contribution >= 0.6 is 0 Å². The lowest BCUT2D eigenvalue weighted by Gasteiger charge is -2.07. The van der Waals surface area contributed by atoms with Crippen LogP contribution in [0.5, 0.6) is 5.75 Å². The summed E-state index contributed by atoms with van der Waals surface area (Å²) < 4.78 is 10.3. The fourth-order valence-electron chi connectivity index (χ4n) is 3.22. The summed E-state index contributed by atoms with van der Waals surface area (Å²) in [7, 11) is 1.55. The molecule has 2 N–H and O–H groups in total. The standard InChI is InChI=1S/C24H18N4O4/c1-31-16-10-8-15(9-11-16)23(29)28-22-19-7-3-2-6-18(19)21(27-22)20(13-25)24(30)26-14-17-5-4-12-32-17/h2-12H,14H2,1H3,(H,26,30)(H,27,28,29)/b21-20-. The maximum absolute atomic E-state index is 12.7. The Morgan fingerprint density at radius 3 is 2.47 bits per heavy atom. The van der Waals surface area contributed by atoms with Crippen LogP contribution in [0.25, 0.3) is 5.70 Å². The first kappa shape index (κ1) is 20.6. The molecule has 2 aromatic carbocycles. The number of carbonyl (C=O) groups is 2. The highest BCUT2D eigenvalue weighted by atomic mass is 16.5. The third-order valence-corrected chi connectivity index (χ3v) is 4.82. The second-order valence-electron chi connectivity index (χ2n) is 6.79. The Morgan fingerprint density at radius 2 is 1.81 bits per heavy atom. The molecule has 0 fully saturated rings. The van der Waals surface area contributed by atoms with Gasteiger partial charge in [0.15, 0.2) is 0 Å². The Bertz CT molecular complexity index is 1270. The molecule has 1 aliphatic heterocycles. The number of aliphatic imine (C=N–C) groups is 1. The van der Waals surface area contributed by atoms with Gasteiger partial charge in [0, 0.05) is 16.7 Å². The lowest BCUT2D eigenvalue weighted by molar-refractivity contribution is -0.117. The van der Waals surface area contributed by atoms with Crippen LogP contribution in [-0.4, -0.2) is 24.8 Å². The van der Waals surface area contributed by atoms with Gasteiger partial charge in [-0.15, -0.1) is 0 Å². The van der Waals surface area contributed by atoms with Gasteiger partial charge in [-0.05, 0) is 36.4 Å². The molecule has 0 atom stereocenters. The van der Waals surface area contributed by atoms with E-state index < -0.39 is 5.91 Å². The zero-order chi connectivity index (χ0) is 22.5. The Balaban J connectivity index is 1.62. The molecule has 1 aliphatic rings. The van der Waals surface area contributed by atoms with Crippen LogP contribution in [-0.2, 0) is 11.3 Å². The molecule has 4 rings (SSSR count). The first-order valence-corrected chi connectivity index (χ1v) is 9.69. The van der Waals surface area contributed by atoms with Gasteiger partial charge < -0.3 is 19.8 Å². The SMILES string of the molecule is COc1ccc(C(=O)NC2=N/C(=C(/C#N)C(=O)NCc3ccco3)c3ccccc32)cc1. The monoisotopic (exact) mass is 426 g/mol. The molecule has 3 aromatic rings. The maximum atomic E-state index is 12.7. The van der Waals surface area contributed by atoms with Crippen LogP contribution in [0.3, 0.4) is 0 Å². The van der Waals surface area contributed by atoms with Gasteiger partial charge in [-0.25, -0.2) is 4.99 Å². The molecule has 0 spiro atoms. The van der Waals surface area contributed by atoms with Crippen molar-refractivity contribution in [2.75, 3.05) is 7.11 Å². The number of nitrogens with zero attached hydrogens (tertiary/aromatic N) is 2. The number of amides is 2. The zero-order valence-corrected chi connectivity index (χ0v) is 17.1. The molecular weight excluding hydrogens is 408 g/mol. The summed E-state index contributed by atoms with van der Waals surface area (Å²) in [6.45, 7) is 0.136. The van der Waals surface area contributed by atoms with Gasteiger partial charge in [0.1, 0.15) is 29.0 Å². The van der Waals surface area contributed by atoms with E-state index in [1.165, 1.54) is 6.26 Å². The first-order chi connectivity index (χ1) is 15.6. The van der Waals surface area contributed by atoms with Crippen LogP contribution in [0, 0.1) is 11.3 Å². The molecule has 8 nitrogen and oxygen atoms in total. The zero-order valence-electron chi connectivity index (χ0n) is 17.1. The number of benzene rings is 2. The predicted octanol–water partition coefficient (Wildman–Crippen LogP) is 3.03. The number of hydrogen-bond donors (Lipinski definition) is 2. The highest BCUT2D eigenvalue weighted by Gasteiger charge is 2.27. The van der Waals surface area contributed by atoms with Gasteiger partial charge in [0.05, 0.1) is 25.6 Å². The van der Waals surface area contributed by atoms with E-state index in [1.54, 1.807) is 67.8 Å². The Morgan fingerprint density at radius 1 is 1.06 bits per heavy atom. The summed E-state index contributed by atoms with van der Waals surface area (Å²) in [5.74, 6) is 0.504. The molecule has 2 amide bonds. The topological polar surface area (TPSA) is 117 Å². The molecule has 32 heavy (non-hydrogen) atoms. The van der Waals surface area contributed by atoms with Crippen molar-refractivity contribution >= 4 is 23.3 Å². The van der Waals surface area contributed by atoms with Crippen molar-refractivity contribution in [3.63, 3.8) is 0 Å². The van der Waals surface area contributed by atoms with Crippen molar-refractivity contribution in [2.45, 2.75) is 6.54 Å². The second kappa shape index (κ2) is 9.02. The van der Waals surface area contributed by atoms with Crippen LogP contribution in [0.1, 0.15) is 27.2 Å². The van der Waals surface area contributed by atoms with Crippen LogP contribution in [0.4, 0.5) is 0 Å². The van der Waals surface area contributed by atoms with Crippen molar-refractivity contribution in [1.29, 1.82) is 5.26 Å².